The predicted molar refractivity (Wildman–Crippen MR) is 66.9 cm³/mol. The zero-order valence-electron chi connectivity index (χ0n) is 10.0. The summed E-state index contributed by atoms with van der Waals surface area (Å²) >= 11 is 0. The van der Waals surface area contributed by atoms with Crippen LogP contribution in [0.1, 0.15) is 12.8 Å². The molecule has 0 bridgehead atoms. The molecule has 0 radical (unpaired) electrons. The van der Waals surface area contributed by atoms with Crippen molar-refractivity contribution in [3.05, 3.63) is 24.3 Å². The van der Waals surface area contributed by atoms with Crippen LogP contribution in [0.15, 0.2) is 29.2 Å². The molecule has 0 amide bonds. The molecule has 1 aliphatic heterocycles. The molecule has 0 aromatic heterocycles. The number of primary sulfonamides is 1. The topological polar surface area (TPSA) is 78.6 Å². The first-order valence-corrected chi connectivity index (χ1v) is 7.44. The third kappa shape index (κ3) is 3.69. The normalized spacial score (nSPS) is 17.6. The highest BCUT2D eigenvalue weighted by atomic mass is 32.2. The summed E-state index contributed by atoms with van der Waals surface area (Å²) in [6, 6.07) is 6.15. The average Bonchev–Trinajstić information content (AvgIpc) is 2.37. The quantitative estimate of drug-likeness (QED) is 0.890. The Bertz CT molecular complexity index is 477. The van der Waals surface area contributed by atoms with Gasteiger partial charge in [0.25, 0.3) is 0 Å². The second kappa shape index (κ2) is 5.69. The van der Waals surface area contributed by atoms with Gasteiger partial charge in [-0.05, 0) is 43.0 Å². The third-order valence-corrected chi connectivity index (χ3v) is 3.91. The number of nitrogens with two attached hydrogens (primary N) is 1. The van der Waals surface area contributed by atoms with Crippen molar-refractivity contribution in [3.63, 3.8) is 0 Å². The van der Waals surface area contributed by atoms with Crippen molar-refractivity contribution in [1.82, 2.24) is 0 Å². The molecule has 1 aromatic rings. The summed E-state index contributed by atoms with van der Waals surface area (Å²) in [5, 5.41) is 5.02. The van der Waals surface area contributed by atoms with Gasteiger partial charge in [-0.25, -0.2) is 13.6 Å². The molecule has 2 N–H and O–H groups in total. The van der Waals surface area contributed by atoms with E-state index < -0.39 is 10.0 Å². The molecule has 6 heteroatoms. The van der Waals surface area contributed by atoms with Gasteiger partial charge in [0, 0.05) is 13.2 Å². The van der Waals surface area contributed by atoms with Crippen LogP contribution in [0.5, 0.6) is 5.75 Å². The highest BCUT2D eigenvalue weighted by Crippen LogP contribution is 2.19. The SMILES string of the molecule is NS(=O)(=O)c1ccc(OCC2CCOCC2)cc1. The summed E-state index contributed by atoms with van der Waals surface area (Å²) in [5.74, 6) is 1.17. The molecule has 1 saturated heterocycles. The fourth-order valence-electron chi connectivity index (χ4n) is 1.85. The lowest BCUT2D eigenvalue weighted by molar-refractivity contribution is 0.0497. The molecule has 1 aliphatic rings. The fraction of sp³-hybridized carbons (Fsp3) is 0.500. The lowest BCUT2D eigenvalue weighted by Gasteiger charge is -2.22. The molecule has 0 atom stereocenters. The van der Waals surface area contributed by atoms with Crippen LogP contribution in [-0.2, 0) is 14.8 Å². The summed E-state index contributed by atoms with van der Waals surface area (Å²) in [6.07, 6.45) is 2.02. The highest BCUT2D eigenvalue weighted by Gasteiger charge is 2.14. The Kier molecular flexibility index (Phi) is 4.21. The smallest absolute Gasteiger partial charge is 0.238 e. The van der Waals surface area contributed by atoms with Gasteiger partial charge < -0.3 is 9.47 Å². The van der Waals surface area contributed by atoms with Crippen LogP contribution in [-0.4, -0.2) is 28.2 Å². The van der Waals surface area contributed by atoms with E-state index in [0.717, 1.165) is 26.1 Å². The van der Waals surface area contributed by atoms with Crippen molar-refractivity contribution in [2.75, 3.05) is 19.8 Å². The zero-order valence-corrected chi connectivity index (χ0v) is 10.9. The van der Waals surface area contributed by atoms with Gasteiger partial charge in [-0.2, -0.15) is 0 Å². The fourth-order valence-corrected chi connectivity index (χ4v) is 2.37. The molecule has 100 valence electrons. The van der Waals surface area contributed by atoms with Gasteiger partial charge in [0.05, 0.1) is 11.5 Å². The summed E-state index contributed by atoms with van der Waals surface area (Å²) in [6.45, 7) is 2.22. The van der Waals surface area contributed by atoms with Gasteiger partial charge in [0.1, 0.15) is 5.75 Å². The second-order valence-corrected chi connectivity index (χ2v) is 5.94. The zero-order chi connectivity index (χ0) is 13.0. The molecule has 2 rings (SSSR count). The van der Waals surface area contributed by atoms with E-state index in [1.807, 2.05) is 0 Å². The molecule has 1 aromatic carbocycles. The standard InChI is InChI=1S/C12H17NO4S/c13-18(14,15)12-3-1-11(2-4-12)17-9-10-5-7-16-8-6-10/h1-4,10H,5-9H2,(H2,13,14,15). The predicted octanol–water partition coefficient (Wildman–Crippen LogP) is 1.14. The van der Waals surface area contributed by atoms with E-state index in [1.165, 1.54) is 12.1 Å². The van der Waals surface area contributed by atoms with E-state index in [0.29, 0.717) is 18.3 Å². The highest BCUT2D eigenvalue weighted by molar-refractivity contribution is 7.89. The first-order valence-electron chi connectivity index (χ1n) is 5.89. The van der Waals surface area contributed by atoms with Gasteiger partial charge in [-0.3, -0.25) is 0 Å². The minimum atomic E-state index is -3.63. The van der Waals surface area contributed by atoms with Gasteiger partial charge in [0.2, 0.25) is 10.0 Å². The Labute approximate surface area is 107 Å². The number of hydrogen-bond acceptors (Lipinski definition) is 4. The van der Waals surface area contributed by atoms with Gasteiger partial charge in [0.15, 0.2) is 0 Å². The minimum Gasteiger partial charge on any atom is -0.493 e. The van der Waals surface area contributed by atoms with Crippen molar-refractivity contribution in [2.45, 2.75) is 17.7 Å². The molecule has 5 nitrogen and oxygen atoms in total. The van der Waals surface area contributed by atoms with Crippen LogP contribution in [0.2, 0.25) is 0 Å². The second-order valence-electron chi connectivity index (χ2n) is 4.38. The van der Waals surface area contributed by atoms with E-state index in [9.17, 15) is 8.42 Å². The van der Waals surface area contributed by atoms with E-state index >= 15 is 0 Å². The molecule has 1 heterocycles. The van der Waals surface area contributed by atoms with Crippen LogP contribution >= 0.6 is 0 Å². The van der Waals surface area contributed by atoms with E-state index in [1.54, 1.807) is 12.1 Å². The molecule has 0 unspecified atom stereocenters. The largest absolute Gasteiger partial charge is 0.493 e. The third-order valence-electron chi connectivity index (χ3n) is 2.98. The van der Waals surface area contributed by atoms with Crippen LogP contribution < -0.4 is 9.88 Å². The van der Waals surface area contributed by atoms with Gasteiger partial charge in [-0.1, -0.05) is 0 Å². The molecular weight excluding hydrogens is 254 g/mol. The maximum Gasteiger partial charge on any atom is 0.238 e. The Morgan fingerprint density at radius 3 is 2.39 bits per heavy atom. The van der Waals surface area contributed by atoms with Crippen molar-refractivity contribution in [2.24, 2.45) is 11.1 Å². The van der Waals surface area contributed by atoms with Gasteiger partial charge >= 0.3 is 0 Å². The summed E-state index contributed by atoms with van der Waals surface area (Å²) in [4.78, 5) is 0.0981. The first kappa shape index (κ1) is 13.3. The lowest BCUT2D eigenvalue weighted by Crippen LogP contribution is -2.21. The lowest BCUT2D eigenvalue weighted by atomic mass is 10.0. The van der Waals surface area contributed by atoms with Crippen LogP contribution in [0.3, 0.4) is 0 Å². The van der Waals surface area contributed by atoms with Crippen molar-refractivity contribution in [3.8, 4) is 5.75 Å². The molecule has 0 spiro atoms. The number of hydrogen-bond donors (Lipinski definition) is 1. The number of rotatable bonds is 4. The van der Waals surface area contributed by atoms with Crippen LogP contribution in [0.25, 0.3) is 0 Å². The Morgan fingerprint density at radius 1 is 1.22 bits per heavy atom. The maximum absolute atomic E-state index is 11.1. The van der Waals surface area contributed by atoms with Crippen molar-refractivity contribution >= 4 is 10.0 Å². The minimum absolute atomic E-state index is 0.0981. The van der Waals surface area contributed by atoms with Crippen LogP contribution in [0.4, 0.5) is 0 Å². The van der Waals surface area contributed by atoms with E-state index in [4.69, 9.17) is 14.6 Å². The summed E-state index contributed by atoms with van der Waals surface area (Å²) in [7, 11) is -3.63. The van der Waals surface area contributed by atoms with Crippen LogP contribution in [0, 0.1) is 5.92 Å². The average molecular weight is 271 g/mol. The van der Waals surface area contributed by atoms with Gasteiger partial charge in [-0.15, -0.1) is 0 Å². The number of sulfonamides is 1. The monoisotopic (exact) mass is 271 g/mol. The molecule has 18 heavy (non-hydrogen) atoms. The molecule has 0 aliphatic carbocycles. The molecular formula is C12H17NO4S. The van der Waals surface area contributed by atoms with E-state index in [-0.39, 0.29) is 4.90 Å². The van der Waals surface area contributed by atoms with Crippen molar-refractivity contribution < 1.29 is 17.9 Å². The van der Waals surface area contributed by atoms with E-state index in [2.05, 4.69) is 0 Å². The number of ether oxygens (including phenoxy) is 2. The summed E-state index contributed by atoms with van der Waals surface area (Å²) in [5.41, 5.74) is 0. The maximum atomic E-state index is 11.1. The first-order chi connectivity index (χ1) is 8.55. The Morgan fingerprint density at radius 2 is 1.83 bits per heavy atom. The Hall–Kier alpha value is -1.11. The van der Waals surface area contributed by atoms with Crippen molar-refractivity contribution in [1.29, 1.82) is 0 Å². The Balaban J connectivity index is 1.90. The number of benzene rings is 1. The summed E-state index contributed by atoms with van der Waals surface area (Å²) < 4.78 is 33.0. The molecule has 1 fully saturated rings. The molecule has 0 saturated carbocycles.